The van der Waals surface area contributed by atoms with Gasteiger partial charge in [-0.15, -0.1) is 12.4 Å². The zero-order valence-electron chi connectivity index (χ0n) is 12.3. The van der Waals surface area contributed by atoms with Crippen LogP contribution in [0.2, 0.25) is 0 Å². The van der Waals surface area contributed by atoms with Gasteiger partial charge < -0.3 is 10.6 Å². The van der Waals surface area contributed by atoms with E-state index in [0.717, 1.165) is 38.4 Å². The third kappa shape index (κ3) is 3.25. The van der Waals surface area contributed by atoms with E-state index in [1.165, 1.54) is 12.1 Å². The normalized spacial score (nSPS) is 20.6. The van der Waals surface area contributed by atoms with Crippen molar-refractivity contribution in [2.75, 3.05) is 13.1 Å². The van der Waals surface area contributed by atoms with E-state index in [4.69, 9.17) is 0 Å². The van der Waals surface area contributed by atoms with Crippen molar-refractivity contribution in [3.05, 3.63) is 35.4 Å². The molecule has 22 heavy (non-hydrogen) atoms. The largest absolute Gasteiger partial charge is 0.346 e. The molecule has 1 saturated carbocycles. The van der Waals surface area contributed by atoms with Crippen LogP contribution < -0.4 is 10.6 Å². The molecule has 0 unspecified atom stereocenters. The van der Waals surface area contributed by atoms with Crippen LogP contribution >= 0.6 is 12.4 Å². The average Bonchev–Trinajstić information content (AvgIpc) is 2.44. The second kappa shape index (κ2) is 6.92. The number of carbonyl (C=O) groups is 1. The van der Waals surface area contributed by atoms with Gasteiger partial charge in [-0.2, -0.15) is 0 Å². The Morgan fingerprint density at radius 3 is 2.45 bits per heavy atom. The standard InChI is InChI=1S/C16H20F2N2O.ClH/c17-12-2-3-13(14(18)10-12)16(6-1-7-16)20-15(21)11-4-8-19-9-5-11;/h2-3,10-11,19H,1,4-9H2,(H,20,21);1H. The van der Waals surface area contributed by atoms with Crippen LogP contribution in [0.3, 0.4) is 0 Å². The van der Waals surface area contributed by atoms with Crippen molar-refractivity contribution in [3.63, 3.8) is 0 Å². The molecule has 1 aliphatic heterocycles. The first kappa shape index (κ1) is 17.2. The monoisotopic (exact) mass is 330 g/mol. The molecule has 6 heteroatoms. The highest BCUT2D eigenvalue weighted by molar-refractivity contribution is 5.85. The molecule has 0 atom stereocenters. The Balaban J connectivity index is 0.00000176. The van der Waals surface area contributed by atoms with Crippen molar-refractivity contribution >= 4 is 18.3 Å². The van der Waals surface area contributed by atoms with Gasteiger partial charge in [0.1, 0.15) is 11.6 Å². The number of hydrogen-bond donors (Lipinski definition) is 2. The smallest absolute Gasteiger partial charge is 0.223 e. The molecular formula is C16H21ClF2N2O. The minimum Gasteiger partial charge on any atom is -0.346 e. The first-order chi connectivity index (χ1) is 10.1. The fourth-order valence-electron chi connectivity index (χ4n) is 3.29. The first-order valence-corrected chi connectivity index (χ1v) is 7.59. The van der Waals surface area contributed by atoms with Crippen LogP contribution in [0.4, 0.5) is 8.78 Å². The van der Waals surface area contributed by atoms with Gasteiger partial charge in [0.2, 0.25) is 5.91 Å². The van der Waals surface area contributed by atoms with Crippen LogP contribution in [0, 0.1) is 17.6 Å². The Hall–Kier alpha value is -1.20. The number of carbonyl (C=O) groups excluding carboxylic acids is 1. The predicted molar refractivity (Wildman–Crippen MR) is 82.9 cm³/mol. The zero-order valence-corrected chi connectivity index (χ0v) is 13.1. The van der Waals surface area contributed by atoms with Crippen molar-refractivity contribution < 1.29 is 13.6 Å². The molecule has 2 N–H and O–H groups in total. The third-order valence-electron chi connectivity index (χ3n) is 4.73. The molecule has 3 rings (SSSR count). The molecule has 3 nitrogen and oxygen atoms in total. The van der Waals surface area contributed by atoms with Gasteiger partial charge in [-0.05, 0) is 51.3 Å². The summed E-state index contributed by atoms with van der Waals surface area (Å²) < 4.78 is 27.1. The van der Waals surface area contributed by atoms with Gasteiger partial charge in [-0.25, -0.2) is 8.78 Å². The van der Waals surface area contributed by atoms with E-state index in [-0.39, 0.29) is 24.2 Å². The Kier molecular flexibility index (Phi) is 5.40. The van der Waals surface area contributed by atoms with Gasteiger partial charge in [0, 0.05) is 17.5 Å². The topological polar surface area (TPSA) is 41.1 Å². The van der Waals surface area contributed by atoms with Crippen LogP contribution in [-0.2, 0) is 10.3 Å². The number of piperidine rings is 1. The van der Waals surface area contributed by atoms with Gasteiger partial charge in [0.25, 0.3) is 0 Å². The van der Waals surface area contributed by atoms with Crippen molar-refractivity contribution in [3.8, 4) is 0 Å². The zero-order chi connectivity index (χ0) is 14.9. The van der Waals surface area contributed by atoms with E-state index < -0.39 is 17.2 Å². The molecule has 2 fully saturated rings. The summed E-state index contributed by atoms with van der Waals surface area (Å²) in [5.74, 6) is -1.16. The quantitative estimate of drug-likeness (QED) is 0.894. The first-order valence-electron chi connectivity index (χ1n) is 7.59. The minimum absolute atomic E-state index is 0. The van der Waals surface area contributed by atoms with Crippen LogP contribution in [0.1, 0.15) is 37.7 Å². The number of halogens is 3. The summed E-state index contributed by atoms with van der Waals surface area (Å²) in [7, 11) is 0. The second-order valence-corrected chi connectivity index (χ2v) is 6.07. The van der Waals surface area contributed by atoms with Crippen molar-refractivity contribution in [2.45, 2.75) is 37.6 Å². The summed E-state index contributed by atoms with van der Waals surface area (Å²) in [4.78, 5) is 12.4. The summed E-state index contributed by atoms with van der Waals surface area (Å²) in [6.07, 6.45) is 4.00. The molecular weight excluding hydrogens is 310 g/mol. The minimum atomic E-state index is -0.639. The molecule has 1 amide bonds. The van der Waals surface area contributed by atoms with Crippen molar-refractivity contribution in [2.24, 2.45) is 5.92 Å². The number of benzene rings is 1. The van der Waals surface area contributed by atoms with Crippen LogP contribution in [-0.4, -0.2) is 19.0 Å². The van der Waals surface area contributed by atoms with Crippen LogP contribution in [0.5, 0.6) is 0 Å². The van der Waals surface area contributed by atoms with Gasteiger partial charge >= 0.3 is 0 Å². The van der Waals surface area contributed by atoms with E-state index in [1.54, 1.807) is 0 Å². The van der Waals surface area contributed by atoms with Gasteiger partial charge in [-0.1, -0.05) is 6.07 Å². The SMILES string of the molecule is Cl.O=C(NC1(c2ccc(F)cc2F)CCC1)C1CCNCC1. The molecule has 1 aromatic rings. The Labute approximate surface area is 135 Å². The summed E-state index contributed by atoms with van der Waals surface area (Å²) >= 11 is 0. The highest BCUT2D eigenvalue weighted by Gasteiger charge is 2.43. The fraction of sp³-hybridized carbons (Fsp3) is 0.562. The van der Waals surface area contributed by atoms with Gasteiger partial charge in [0.15, 0.2) is 0 Å². The maximum atomic E-state index is 14.1. The lowest BCUT2D eigenvalue weighted by Gasteiger charge is -2.44. The Bertz CT molecular complexity index is 543. The fourth-order valence-corrected chi connectivity index (χ4v) is 3.29. The predicted octanol–water partition coefficient (Wildman–Crippen LogP) is 2.88. The molecule has 0 aromatic heterocycles. The molecule has 1 aliphatic carbocycles. The summed E-state index contributed by atoms with van der Waals surface area (Å²) in [6.45, 7) is 1.69. The van der Waals surface area contributed by atoms with Gasteiger partial charge in [0.05, 0.1) is 5.54 Å². The maximum Gasteiger partial charge on any atom is 0.223 e. The van der Waals surface area contributed by atoms with Crippen LogP contribution in [0.25, 0.3) is 0 Å². The molecule has 1 saturated heterocycles. The molecule has 1 aromatic carbocycles. The Morgan fingerprint density at radius 1 is 1.23 bits per heavy atom. The average molecular weight is 331 g/mol. The lowest BCUT2D eigenvalue weighted by atomic mass is 9.71. The van der Waals surface area contributed by atoms with Crippen LogP contribution in [0.15, 0.2) is 18.2 Å². The maximum absolute atomic E-state index is 14.1. The molecule has 122 valence electrons. The summed E-state index contributed by atoms with van der Waals surface area (Å²) in [5.41, 5.74) is -0.225. The number of amides is 1. The molecule has 0 radical (unpaired) electrons. The molecule has 0 spiro atoms. The van der Waals surface area contributed by atoms with Crippen molar-refractivity contribution in [1.82, 2.24) is 10.6 Å². The van der Waals surface area contributed by atoms with Gasteiger partial charge in [-0.3, -0.25) is 4.79 Å². The molecule has 0 bridgehead atoms. The second-order valence-electron chi connectivity index (χ2n) is 6.07. The number of hydrogen-bond acceptors (Lipinski definition) is 2. The molecule has 2 aliphatic rings. The van der Waals surface area contributed by atoms with Crippen molar-refractivity contribution in [1.29, 1.82) is 0 Å². The highest BCUT2D eigenvalue weighted by Crippen LogP contribution is 2.42. The van der Waals surface area contributed by atoms with E-state index in [0.29, 0.717) is 18.4 Å². The van der Waals surface area contributed by atoms with E-state index >= 15 is 0 Å². The summed E-state index contributed by atoms with van der Waals surface area (Å²) in [5, 5.41) is 6.27. The number of rotatable bonds is 3. The Morgan fingerprint density at radius 2 is 1.91 bits per heavy atom. The third-order valence-corrected chi connectivity index (χ3v) is 4.73. The number of nitrogens with one attached hydrogen (secondary N) is 2. The van der Waals surface area contributed by atoms with E-state index in [1.807, 2.05) is 0 Å². The molecule has 1 heterocycles. The lowest BCUT2D eigenvalue weighted by Crippen LogP contribution is -2.53. The summed E-state index contributed by atoms with van der Waals surface area (Å²) in [6, 6.07) is 3.62. The lowest BCUT2D eigenvalue weighted by molar-refractivity contribution is -0.129. The van der Waals surface area contributed by atoms with E-state index in [9.17, 15) is 13.6 Å². The highest BCUT2D eigenvalue weighted by atomic mass is 35.5. The van der Waals surface area contributed by atoms with E-state index in [2.05, 4.69) is 10.6 Å².